The van der Waals surface area contributed by atoms with E-state index in [9.17, 15) is 26.4 Å². The van der Waals surface area contributed by atoms with Gasteiger partial charge in [0.15, 0.2) is 0 Å². The first kappa shape index (κ1) is 24.3. The second-order valence-electron chi connectivity index (χ2n) is 6.58. The molecular weight excluding hydrogens is 489 g/mol. The van der Waals surface area contributed by atoms with Gasteiger partial charge in [0, 0.05) is 11.8 Å². The van der Waals surface area contributed by atoms with E-state index in [1.807, 2.05) is 0 Å². The molecule has 0 radical (unpaired) electrons. The Kier molecular flexibility index (Phi) is 7.32. The Morgan fingerprint density at radius 3 is 2.47 bits per heavy atom. The van der Waals surface area contributed by atoms with E-state index in [1.54, 1.807) is 12.3 Å². The average molecular weight is 507 g/mol. The molecular formula is C19H17F3N2O5S3. The van der Waals surface area contributed by atoms with Gasteiger partial charge in [-0.3, -0.25) is 4.79 Å². The minimum absolute atomic E-state index is 0.0268. The van der Waals surface area contributed by atoms with Crippen molar-refractivity contribution >= 4 is 38.3 Å². The molecule has 0 unspecified atom stereocenters. The third-order valence-electron chi connectivity index (χ3n) is 4.17. The normalized spacial score (nSPS) is 12.2. The molecule has 1 N–H and O–H groups in total. The third kappa shape index (κ3) is 5.52. The van der Waals surface area contributed by atoms with E-state index in [2.05, 4.69) is 9.97 Å². The number of nitrogens with zero attached hydrogens (tertiary/aromatic N) is 2. The van der Waals surface area contributed by atoms with Crippen LogP contribution < -0.4 is 4.74 Å². The van der Waals surface area contributed by atoms with Gasteiger partial charge in [-0.1, -0.05) is 23.5 Å². The van der Waals surface area contributed by atoms with E-state index < -0.39 is 20.2 Å². The van der Waals surface area contributed by atoms with Crippen LogP contribution in [0.4, 0.5) is 13.2 Å². The number of rotatable bonds is 9. The lowest BCUT2D eigenvalue weighted by Gasteiger charge is -2.08. The first-order valence-electron chi connectivity index (χ1n) is 9.09. The average Bonchev–Trinajstić information content (AvgIpc) is 3.32. The van der Waals surface area contributed by atoms with Crippen molar-refractivity contribution in [2.75, 3.05) is 13.2 Å². The van der Waals surface area contributed by atoms with Crippen LogP contribution in [0.25, 0.3) is 10.6 Å². The summed E-state index contributed by atoms with van der Waals surface area (Å²) >= 11 is 2.57. The number of hydrogen-bond donors (Lipinski definition) is 1. The summed E-state index contributed by atoms with van der Waals surface area (Å²) in [7, 11) is -5.42. The molecule has 1 aromatic carbocycles. The Bertz CT molecular complexity index is 1200. The number of alkyl halides is 3. The molecule has 172 valence electrons. The number of aliphatic hydroxyl groups is 1. The van der Waals surface area contributed by atoms with Gasteiger partial charge in [0.1, 0.15) is 17.4 Å². The third-order valence-corrected chi connectivity index (χ3v) is 7.61. The molecule has 0 spiro atoms. The summed E-state index contributed by atoms with van der Waals surface area (Å²) in [5.41, 5.74) is -3.63. The second kappa shape index (κ2) is 9.65. The number of aryl methyl sites for hydroxylation is 1. The molecule has 2 heterocycles. The van der Waals surface area contributed by atoms with Gasteiger partial charge >= 0.3 is 5.51 Å². The fraction of sp³-hybridized carbons (Fsp3) is 0.316. The summed E-state index contributed by atoms with van der Waals surface area (Å²) in [5, 5.41) is 11.6. The topological polar surface area (TPSA) is 106 Å². The second-order valence-corrected chi connectivity index (χ2v) is 10.4. The number of aliphatic hydroxyl groups excluding tert-OH is 1. The SMILES string of the molecule is Cc1nc(OCCO)sc1-c1csc(CC(=O)Cc2ccc(S(=O)(=O)C(F)(F)F)cc2)n1. The highest BCUT2D eigenvalue weighted by molar-refractivity contribution is 7.92. The van der Waals surface area contributed by atoms with Gasteiger partial charge in [0.05, 0.1) is 34.2 Å². The fourth-order valence-electron chi connectivity index (χ4n) is 2.68. The van der Waals surface area contributed by atoms with Crippen molar-refractivity contribution in [2.24, 2.45) is 0 Å². The van der Waals surface area contributed by atoms with Crippen molar-refractivity contribution in [2.45, 2.75) is 30.2 Å². The van der Waals surface area contributed by atoms with Crippen molar-refractivity contribution in [1.82, 2.24) is 9.97 Å². The first-order valence-corrected chi connectivity index (χ1v) is 12.3. The van der Waals surface area contributed by atoms with Crippen molar-refractivity contribution in [3.8, 4) is 15.8 Å². The minimum Gasteiger partial charge on any atom is -0.468 e. The molecule has 0 aliphatic carbocycles. The molecule has 3 aromatic rings. The predicted octanol–water partition coefficient (Wildman–Crippen LogP) is 3.59. The minimum atomic E-state index is -5.42. The van der Waals surface area contributed by atoms with Crippen molar-refractivity contribution in [3.63, 3.8) is 0 Å². The highest BCUT2D eigenvalue weighted by atomic mass is 32.2. The number of carbonyl (C=O) groups excluding carboxylic acids is 1. The number of hydrogen-bond acceptors (Lipinski definition) is 9. The standard InChI is InChI=1S/C19H17F3N2O5S3/c1-11-17(31-18(23-11)29-7-6-25)15-10-30-16(24-15)9-13(26)8-12-2-4-14(5-3-12)32(27,28)19(20,21)22/h2-5,10,25H,6-9H2,1H3. The van der Waals surface area contributed by atoms with Gasteiger partial charge in [-0.05, 0) is 24.6 Å². The Labute approximate surface area is 189 Å². The van der Waals surface area contributed by atoms with Crippen LogP contribution in [0.15, 0.2) is 34.5 Å². The fourth-order valence-corrected chi connectivity index (χ4v) is 5.23. The van der Waals surface area contributed by atoms with E-state index >= 15 is 0 Å². The highest BCUT2D eigenvalue weighted by Gasteiger charge is 2.46. The smallest absolute Gasteiger partial charge is 0.468 e. The number of ether oxygens (including phenoxy) is 1. The predicted molar refractivity (Wildman–Crippen MR) is 113 cm³/mol. The zero-order chi connectivity index (χ0) is 23.5. The number of halogens is 3. The Morgan fingerprint density at radius 1 is 1.16 bits per heavy atom. The molecule has 13 heteroatoms. The van der Waals surface area contributed by atoms with E-state index in [0.717, 1.165) is 17.0 Å². The van der Waals surface area contributed by atoms with Crippen LogP contribution in [0.1, 0.15) is 16.3 Å². The Hall–Kier alpha value is -2.35. The number of carbonyl (C=O) groups is 1. The van der Waals surface area contributed by atoms with Gasteiger partial charge in [-0.2, -0.15) is 13.2 Å². The summed E-state index contributed by atoms with van der Waals surface area (Å²) in [5.74, 6) is -0.217. The molecule has 0 amide bonds. The van der Waals surface area contributed by atoms with Gasteiger partial charge in [-0.25, -0.2) is 18.4 Å². The van der Waals surface area contributed by atoms with Crippen molar-refractivity contribution < 1.29 is 36.2 Å². The molecule has 0 bridgehead atoms. The maximum absolute atomic E-state index is 12.6. The molecule has 3 rings (SSSR count). The molecule has 2 aromatic heterocycles. The number of sulfone groups is 1. The number of thiazole rings is 2. The first-order chi connectivity index (χ1) is 15.0. The molecule has 0 saturated heterocycles. The largest absolute Gasteiger partial charge is 0.501 e. The highest BCUT2D eigenvalue weighted by Crippen LogP contribution is 2.35. The molecule has 0 aliphatic rings. The lowest BCUT2D eigenvalue weighted by Crippen LogP contribution is -2.23. The maximum Gasteiger partial charge on any atom is 0.501 e. The van der Waals surface area contributed by atoms with Gasteiger partial charge in [0.2, 0.25) is 0 Å². The van der Waals surface area contributed by atoms with Gasteiger partial charge < -0.3 is 9.84 Å². The zero-order valence-corrected chi connectivity index (χ0v) is 19.0. The van der Waals surface area contributed by atoms with Crippen LogP contribution in [-0.4, -0.2) is 48.0 Å². The number of Topliss-reactive ketones (excluding diaryl/α,β-unsaturated/α-hetero) is 1. The zero-order valence-electron chi connectivity index (χ0n) is 16.5. The van der Waals surface area contributed by atoms with Crippen LogP contribution in [0, 0.1) is 6.92 Å². The van der Waals surface area contributed by atoms with E-state index in [-0.39, 0.29) is 31.8 Å². The monoisotopic (exact) mass is 506 g/mol. The maximum atomic E-state index is 12.6. The summed E-state index contributed by atoms with van der Waals surface area (Å²) in [6.45, 7) is 1.80. The van der Waals surface area contributed by atoms with E-state index in [4.69, 9.17) is 9.84 Å². The Morgan fingerprint density at radius 2 is 1.84 bits per heavy atom. The van der Waals surface area contributed by atoms with Gasteiger partial charge in [0.25, 0.3) is 15.0 Å². The molecule has 0 atom stereocenters. The van der Waals surface area contributed by atoms with Crippen LogP contribution >= 0.6 is 22.7 Å². The van der Waals surface area contributed by atoms with Crippen LogP contribution in [0.5, 0.6) is 5.19 Å². The lowest BCUT2D eigenvalue weighted by molar-refractivity contribution is -0.117. The summed E-state index contributed by atoms with van der Waals surface area (Å²) in [4.78, 5) is 21.0. The van der Waals surface area contributed by atoms with E-state index in [0.29, 0.717) is 27.2 Å². The molecule has 7 nitrogen and oxygen atoms in total. The van der Waals surface area contributed by atoms with Crippen LogP contribution in [0.2, 0.25) is 0 Å². The summed E-state index contributed by atoms with van der Waals surface area (Å²) in [6, 6.07) is 4.07. The molecule has 32 heavy (non-hydrogen) atoms. The van der Waals surface area contributed by atoms with Crippen molar-refractivity contribution in [3.05, 3.63) is 45.9 Å². The molecule has 0 saturated carbocycles. The number of aromatic nitrogens is 2. The lowest BCUT2D eigenvalue weighted by atomic mass is 10.1. The van der Waals surface area contributed by atoms with Crippen molar-refractivity contribution in [1.29, 1.82) is 0 Å². The number of benzene rings is 1. The Balaban J connectivity index is 1.64. The molecule has 0 fully saturated rings. The number of ketones is 1. The van der Waals surface area contributed by atoms with Crippen LogP contribution in [0.3, 0.4) is 0 Å². The van der Waals surface area contributed by atoms with E-state index in [1.165, 1.54) is 34.8 Å². The van der Waals surface area contributed by atoms with Crippen LogP contribution in [-0.2, 0) is 27.5 Å². The summed E-state index contributed by atoms with van der Waals surface area (Å²) in [6.07, 6.45) is -0.0427. The summed E-state index contributed by atoms with van der Waals surface area (Å²) < 4.78 is 65.9. The van der Waals surface area contributed by atoms with Gasteiger partial charge in [-0.15, -0.1) is 11.3 Å². The molecule has 0 aliphatic heterocycles. The quantitative estimate of drug-likeness (QED) is 0.473.